The van der Waals surface area contributed by atoms with Crippen molar-refractivity contribution in [2.24, 2.45) is 5.92 Å². The van der Waals surface area contributed by atoms with Gasteiger partial charge in [-0.3, -0.25) is 4.79 Å². The molecule has 1 aliphatic heterocycles. The van der Waals surface area contributed by atoms with Gasteiger partial charge in [0.2, 0.25) is 5.91 Å². The van der Waals surface area contributed by atoms with Gasteiger partial charge >= 0.3 is 0 Å². The number of rotatable bonds is 5. The van der Waals surface area contributed by atoms with Crippen LogP contribution in [-0.4, -0.2) is 35.5 Å². The van der Waals surface area contributed by atoms with Crippen molar-refractivity contribution in [2.45, 2.75) is 19.3 Å². The zero-order valence-corrected chi connectivity index (χ0v) is 14.1. The fourth-order valence-electron chi connectivity index (χ4n) is 2.89. The molecule has 1 amide bonds. The maximum atomic E-state index is 12.0. The number of carbonyl (C=O) groups excluding carboxylic acids is 1. The number of nitrogens with one attached hydrogen (secondary N) is 1. The summed E-state index contributed by atoms with van der Waals surface area (Å²) in [6.45, 7) is 2.37. The van der Waals surface area contributed by atoms with Crippen LogP contribution in [0.5, 0.6) is 0 Å². The van der Waals surface area contributed by atoms with Crippen molar-refractivity contribution in [2.75, 3.05) is 24.5 Å². The lowest BCUT2D eigenvalue weighted by Crippen LogP contribution is -2.39. The monoisotopic (exact) mass is 341 g/mol. The Morgan fingerprint density at radius 1 is 1.38 bits per heavy atom. The number of carbonyl (C=O) groups is 1. The van der Waals surface area contributed by atoms with Gasteiger partial charge in [0, 0.05) is 32.0 Å². The molecule has 0 unspecified atom stereocenters. The van der Waals surface area contributed by atoms with Crippen LogP contribution in [0.25, 0.3) is 0 Å². The van der Waals surface area contributed by atoms with Gasteiger partial charge in [-0.1, -0.05) is 0 Å². The first-order valence-electron chi connectivity index (χ1n) is 8.00. The van der Waals surface area contributed by atoms with Crippen molar-refractivity contribution in [3.05, 3.63) is 40.5 Å². The van der Waals surface area contributed by atoms with E-state index in [0.29, 0.717) is 30.4 Å². The highest BCUT2D eigenvalue weighted by atomic mass is 32.1. The fraction of sp³-hybridized carbons (Fsp3) is 0.412. The maximum absolute atomic E-state index is 12.0. The third-order valence-electron chi connectivity index (χ3n) is 4.23. The van der Waals surface area contributed by atoms with E-state index in [2.05, 4.69) is 26.3 Å². The van der Waals surface area contributed by atoms with Crippen molar-refractivity contribution < 1.29 is 4.79 Å². The number of nitriles is 1. The molecule has 0 saturated carbocycles. The summed E-state index contributed by atoms with van der Waals surface area (Å²) in [4.78, 5) is 22.4. The summed E-state index contributed by atoms with van der Waals surface area (Å²) in [7, 11) is 0. The van der Waals surface area contributed by atoms with Gasteiger partial charge < -0.3 is 10.2 Å². The maximum Gasteiger partial charge on any atom is 0.224 e. The van der Waals surface area contributed by atoms with Crippen LogP contribution >= 0.6 is 11.3 Å². The van der Waals surface area contributed by atoms with Gasteiger partial charge in [0.15, 0.2) is 11.5 Å². The van der Waals surface area contributed by atoms with Gasteiger partial charge in [0.05, 0.1) is 6.42 Å². The molecule has 0 radical (unpaired) electrons. The molecule has 3 heterocycles. The van der Waals surface area contributed by atoms with Crippen LogP contribution in [0, 0.1) is 17.2 Å². The minimum absolute atomic E-state index is 0.0801. The van der Waals surface area contributed by atoms with Crippen molar-refractivity contribution >= 4 is 23.1 Å². The fourth-order valence-corrected chi connectivity index (χ4v) is 3.56. The molecule has 0 aromatic carbocycles. The molecule has 24 heavy (non-hydrogen) atoms. The molecule has 0 aliphatic carbocycles. The average molecular weight is 341 g/mol. The Hall–Kier alpha value is -2.46. The zero-order valence-electron chi connectivity index (χ0n) is 13.3. The summed E-state index contributed by atoms with van der Waals surface area (Å²) < 4.78 is 0. The molecule has 3 rings (SSSR count). The molecule has 1 fully saturated rings. The predicted molar refractivity (Wildman–Crippen MR) is 92.7 cm³/mol. The second-order valence-corrected chi connectivity index (χ2v) is 6.66. The first kappa shape index (κ1) is 16.4. The quantitative estimate of drug-likeness (QED) is 0.899. The second-order valence-electron chi connectivity index (χ2n) is 5.88. The molecule has 0 bridgehead atoms. The number of piperidine rings is 1. The summed E-state index contributed by atoms with van der Waals surface area (Å²) in [6.07, 6.45) is 5.55. The van der Waals surface area contributed by atoms with Crippen LogP contribution in [-0.2, 0) is 11.2 Å². The molecular formula is C17H19N5OS. The molecule has 7 heteroatoms. The first-order chi connectivity index (χ1) is 11.8. The van der Waals surface area contributed by atoms with Crippen LogP contribution in [0.1, 0.15) is 24.1 Å². The van der Waals surface area contributed by atoms with Crippen molar-refractivity contribution in [3.63, 3.8) is 0 Å². The third kappa shape index (κ3) is 4.09. The van der Waals surface area contributed by atoms with Gasteiger partial charge in [-0.2, -0.15) is 16.6 Å². The summed E-state index contributed by atoms with van der Waals surface area (Å²) >= 11 is 1.61. The Balaban J connectivity index is 1.45. The third-order valence-corrected chi connectivity index (χ3v) is 4.96. The molecule has 1 aliphatic rings. The number of aromatic nitrogens is 2. The van der Waals surface area contributed by atoms with E-state index in [1.807, 2.05) is 16.8 Å². The van der Waals surface area contributed by atoms with Crippen molar-refractivity contribution in [1.82, 2.24) is 15.3 Å². The van der Waals surface area contributed by atoms with Gasteiger partial charge in [-0.05, 0) is 41.1 Å². The standard InChI is InChI=1S/C17H19N5OS/c18-10-15-17(20-5-4-19-15)22-6-1-13(2-7-22)11-21-16(23)9-14-3-8-24-12-14/h3-5,8,12-13H,1-2,6-7,9,11H2,(H,21,23). The summed E-state index contributed by atoms with van der Waals surface area (Å²) in [5.41, 5.74) is 1.44. The Bertz CT molecular complexity index is 717. The van der Waals surface area contributed by atoms with E-state index in [-0.39, 0.29) is 5.91 Å². The lowest BCUT2D eigenvalue weighted by atomic mass is 9.96. The van der Waals surface area contributed by atoms with E-state index in [1.165, 1.54) is 6.20 Å². The van der Waals surface area contributed by atoms with Crippen molar-refractivity contribution in [1.29, 1.82) is 5.26 Å². The van der Waals surface area contributed by atoms with Crippen LogP contribution in [0.4, 0.5) is 5.82 Å². The number of hydrogen-bond acceptors (Lipinski definition) is 6. The molecule has 2 aromatic rings. The topological polar surface area (TPSA) is 81.9 Å². The van der Waals surface area contributed by atoms with Gasteiger partial charge in [-0.15, -0.1) is 0 Å². The number of hydrogen-bond donors (Lipinski definition) is 1. The summed E-state index contributed by atoms with van der Waals surface area (Å²) in [5.74, 6) is 1.21. The Kier molecular flexibility index (Phi) is 5.39. The van der Waals surface area contributed by atoms with E-state index in [1.54, 1.807) is 17.5 Å². The molecule has 124 valence electrons. The normalized spacial score (nSPS) is 15.0. The summed E-state index contributed by atoms with van der Waals surface area (Å²) in [6, 6.07) is 4.08. The highest BCUT2D eigenvalue weighted by Crippen LogP contribution is 2.22. The Labute approximate surface area is 145 Å². The minimum atomic E-state index is 0.0801. The van der Waals surface area contributed by atoms with Gasteiger partial charge in [0.1, 0.15) is 6.07 Å². The average Bonchev–Trinajstić information content (AvgIpc) is 3.13. The van der Waals surface area contributed by atoms with E-state index < -0.39 is 0 Å². The Morgan fingerprint density at radius 3 is 2.88 bits per heavy atom. The van der Waals surface area contributed by atoms with E-state index >= 15 is 0 Å². The molecule has 1 saturated heterocycles. The van der Waals surface area contributed by atoms with E-state index in [0.717, 1.165) is 31.5 Å². The highest BCUT2D eigenvalue weighted by molar-refractivity contribution is 7.07. The lowest BCUT2D eigenvalue weighted by molar-refractivity contribution is -0.120. The Morgan fingerprint density at radius 2 is 2.17 bits per heavy atom. The van der Waals surface area contributed by atoms with E-state index in [4.69, 9.17) is 5.26 Å². The van der Waals surface area contributed by atoms with Gasteiger partial charge in [-0.25, -0.2) is 9.97 Å². The number of anilines is 1. The SMILES string of the molecule is N#Cc1nccnc1N1CCC(CNC(=O)Cc2ccsc2)CC1. The lowest BCUT2D eigenvalue weighted by Gasteiger charge is -2.32. The van der Waals surface area contributed by atoms with Gasteiger partial charge in [0.25, 0.3) is 0 Å². The van der Waals surface area contributed by atoms with Crippen molar-refractivity contribution in [3.8, 4) is 6.07 Å². The van der Waals surface area contributed by atoms with Crippen LogP contribution in [0.3, 0.4) is 0 Å². The van der Waals surface area contributed by atoms with Crippen LogP contribution < -0.4 is 10.2 Å². The highest BCUT2D eigenvalue weighted by Gasteiger charge is 2.22. The molecule has 2 aromatic heterocycles. The smallest absolute Gasteiger partial charge is 0.224 e. The van der Waals surface area contributed by atoms with E-state index in [9.17, 15) is 4.79 Å². The minimum Gasteiger partial charge on any atom is -0.356 e. The zero-order chi connectivity index (χ0) is 16.8. The van der Waals surface area contributed by atoms with Crippen LogP contribution in [0.2, 0.25) is 0 Å². The molecule has 0 atom stereocenters. The molecule has 1 N–H and O–H groups in total. The number of nitrogens with zero attached hydrogens (tertiary/aromatic N) is 4. The van der Waals surface area contributed by atoms with Crippen LogP contribution in [0.15, 0.2) is 29.2 Å². The predicted octanol–water partition coefficient (Wildman–Crippen LogP) is 1.99. The largest absolute Gasteiger partial charge is 0.356 e. The number of thiophene rings is 1. The second kappa shape index (κ2) is 7.88. The summed E-state index contributed by atoms with van der Waals surface area (Å²) in [5, 5.41) is 16.2. The molecule has 6 nitrogen and oxygen atoms in total. The number of amides is 1. The molecule has 0 spiro atoms. The first-order valence-corrected chi connectivity index (χ1v) is 8.94. The molecular weight excluding hydrogens is 322 g/mol.